The third-order valence-corrected chi connectivity index (χ3v) is 3.46. The van der Waals surface area contributed by atoms with Gasteiger partial charge in [0.2, 0.25) is 0 Å². The number of carboxylic acids is 1. The Balaban J connectivity index is 2.36. The van der Waals surface area contributed by atoms with Crippen LogP contribution in [0.4, 0.5) is 5.69 Å². The molecule has 2 aromatic carbocycles. The first-order valence-corrected chi connectivity index (χ1v) is 6.70. The normalized spacial score (nSPS) is 10.2. The van der Waals surface area contributed by atoms with E-state index < -0.39 is 10.9 Å². The first kappa shape index (κ1) is 15.3. The lowest BCUT2D eigenvalue weighted by atomic mass is 10.2. The molecule has 6 nitrogen and oxygen atoms in total. The average molecular weight is 373 g/mol. The van der Waals surface area contributed by atoms with Crippen LogP contribution < -0.4 is 4.74 Å². The third-order valence-electron chi connectivity index (χ3n) is 2.52. The van der Waals surface area contributed by atoms with E-state index in [2.05, 4.69) is 15.9 Å². The molecule has 0 amide bonds. The van der Waals surface area contributed by atoms with Crippen LogP contribution in [-0.2, 0) is 0 Å². The number of carboxylic acid groups (broad SMARTS) is 1. The second kappa shape index (κ2) is 6.11. The van der Waals surface area contributed by atoms with E-state index in [1.807, 2.05) is 0 Å². The minimum Gasteiger partial charge on any atom is -0.478 e. The molecule has 0 aliphatic carbocycles. The van der Waals surface area contributed by atoms with Crippen LogP contribution in [0, 0.1) is 10.1 Å². The summed E-state index contributed by atoms with van der Waals surface area (Å²) in [4.78, 5) is 21.0. The Kier molecular flexibility index (Phi) is 4.44. The minimum atomic E-state index is -1.07. The van der Waals surface area contributed by atoms with Crippen LogP contribution in [0.1, 0.15) is 10.4 Å². The predicted octanol–water partition coefficient (Wildman–Crippen LogP) is 4.50. The minimum absolute atomic E-state index is 0.0827. The first-order valence-electron chi connectivity index (χ1n) is 5.53. The van der Waals surface area contributed by atoms with Crippen LogP contribution in [0.2, 0.25) is 5.02 Å². The smallest absolute Gasteiger partial charge is 0.335 e. The van der Waals surface area contributed by atoms with Gasteiger partial charge in [0.15, 0.2) is 5.75 Å². The fraction of sp³-hybridized carbons (Fsp3) is 0. The number of benzene rings is 2. The van der Waals surface area contributed by atoms with Crippen molar-refractivity contribution >= 4 is 39.2 Å². The van der Waals surface area contributed by atoms with E-state index in [0.29, 0.717) is 10.2 Å². The van der Waals surface area contributed by atoms with Crippen LogP contribution in [-0.4, -0.2) is 16.0 Å². The first-order chi connectivity index (χ1) is 9.88. The zero-order valence-corrected chi connectivity index (χ0v) is 12.6. The van der Waals surface area contributed by atoms with Gasteiger partial charge in [-0.2, -0.15) is 0 Å². The van der Waals surface area contributed by atoms with Crippen LogP contribution in [0.15, 0.2) is 40.9 Å². The van der Waals surface area contributed by atoms with Crippen molar-refractivity contribution in [3.63, 3.8) is 0 Å². The Morgan fingerprint density at radius 3 is 2.52 bits per heavy atom. The molecule has 0 aliphatic rings. The number of hydrogen-bond acceptors (Lipinski definition) is 4. The van der Waals surface area contributed by atoms with Gasteiger partial charge in [0.25, 0.3) is 5.69 Å². The van der Waals surface area contributed by atoms with Crippen molar-refractivity contribution in [3.05, 3.63) is 61.6 Å². The molecule has 0 fully saturated rings. The number of halogens is 2. The molecule has 0 unspecified atom stereocenters. The van der Waals surface area contributed by atoms with Crippen LogP contribution >= 0.6 is 27.5 Å². The summed E-state index contributed by atoms with van der Waals surface area (Å²) in [5.74, 6) is -0.673. The lowest BCUT2D eigenvalue weighted by molar-refractivity contribution is -0.384. The van der Waals surface area contributed by atoms with Crippen molar-refractivity contribution in [1.29, 1.82) is 0 Å². The lowest BCUT2D eigenvalue weighted by Crippen LogP contribution is -1.96. The third kappa shape index (κ3) is 3.50. The largest absolute Gasteiger partial charge is 0.478 e. The van der Waals surface area contributed by atoms with Gasteiger partial charge in [0, 0.05) is 6.07 Å². The summed E-state index contributed by atoms with van der Waals surface area (Å²) >= 11 is 9.11. The number of non-ortho nitro benzene ring substituents is 1. The van der Waals surface area contributed by atoms with E-state index in [-0.39, 0.29) is 22.0 Å². The van der Waals surface area contributed by atoms with Gasteiger partial charge in [-0.3, -0.25) is 10.1 Å². The summed E-state index contributed by atoms with van der Waals surface area (Å²) in [6.45, 7) is 0. The molecule has 0 saturated heterocycles. The summed E-state index contributed by atoms with van der Waals surface area (Å²) in [6.07, 6.45) is 0. The van der Waals surface area contributed by atoms with E-state index >= 15 is 0 Å². The summed E-state index contributed by atoms with van der Waals surface area (Å²) in [5, 5.41) is 19.8. The monoisotopic (exact) mass is 371 g/mol. The fourth-order valence-corrected chi connectivity index (χ4v) is 2.13. The molecular weight excluding hydrogens is 366 g/mol. The van der Waals surface area contributed by atoms with Crippen LogP contribution in [0.3, 0.4) is 0 Å². The molecule has 8 heteroatoms. The van der Waals surface area contributed by atoms with Crippen molar-refractivity contribution < 1.29 is 19.6 Å². The number of nitro benzene ring substituents is 1. The molecular formula is C13H7BrClNO5. The molecule has 0 spiro atoms. The number of hydrogen-bond donors (Lipinski definition) is 1. The van der Waals surface area contributed by atoms with Gasteiger partial charge in [0.1, 0.15) is 5.75 Å². The summed E-state index contributed by atoms with van der Waals surface area (Å²) in [5.41, 5.74) is -0.0768. The van der Waals surface area contributed by atoms with Gasteiger partial charge in [-0.05, 0) is 40.2 Å². The fourth-order valence-electron chi connectivity index (χ4n) is 1.52. The Morgan fingerprint density at radius 2 is 1.95 bits per heavy atom. The molecule has 0 atom stereocenters. The quantitative estimate of drug-likeness (QED) is 0.630. The Morgan fingerprint density at radius 1 is 1.24 bits per heavy atom. The van der Waals surface area contributed by atoms with Gasteiger partial charge < -0.3 is 9.84 Å². The maximum absolute atomic E-state index is 10.8. The Bertz CT molecular complexity index is 734. The van der Waals surface area contributed by atoms with Crippen molar-refractivity contribution in [2.75, 3.05) is 0 Å². The zero-order valence-electron chi connectivity index (χ0n) is 10.2. The van der Waals surface area contributed by atoms with Gasteiger partial charge in [0.05, 0.1) is 26.0 Å². The maximum atomic E-state index is 10.8. The van der Waals surface area contributed by atoms with E-state index in [1.165, 1.54) is 36.4 Å². The lowest BCUT2D eigenvalue weighted by Gasteiger charge is -2.09. The number of aromatic carboxylic acids is 1. The van der Waals surface area contributed by atoms with Crippen LogP contribution in [0.5, 0.6) is 11.5 Å². The topological polar surface area (TPSA) is 89.7 Å². The predicted molar refractivity (Wildman–Crippen MR) is 79.3 cm³/mol. The van der Waals surface area contributed by atoms with Crippen molar-refractivity contribution in [2.24, 2.45) is 0 Å². The highest BCUT2D eigenvalue weighted by atomic mass is 79.9. The van der Waals surface area contributed by atoms with E-state index in [1.54, 1.807) is 0 Å². The second-order valence-corrected chi connectivity index (χ2v) is 5.19. The second-order valence-electron chi connectivity index (χ2n) is 3.92. The number of nitro groups is 1. The molecule has 0 aromatic heterocycles. The SMILES string of the molecule is O=C(O)c1ccc(Oc2cc([N+](=O)[O-])ccc2Cl)c(Br)c1. The molecule has 108 valence electrons. The molecule has 21 heavy (non-hydrogen) atoms. The van der Waals surface area contributed by atoms with E-state index in [9.17, 15) is 14.9 Å². The Hall–Kier alpha value is -2.12. The number of carbonyl (C=O) groups is 1. The van der Waals surface area contributed by atoms with E-state index in [4.69, 9.17) is 21.4 Å². The average Bonchev–Trinajstić information content (AvgIpc) is 2.42. The number of ether oxygens (including phenoxy) is 1. The Labute approximate surface area is 132 Å². The molecule has 0 saturated carbocycles. The highest BCUT2D eigenvalue weighted by Gasteiger charge is 2.14. The molecule has 0 radical (unpaired) electrons. The molecule has 1 N–H and O–H groups in total. The van der Waals surface area contributed by atoms with Crippen molar-refractivity contribution in [3.8, 4) is 11.5 Å². The summed E-state index contributed by atoms with van der Waals surface area (Å²) in [6, 6.07) is 7.96. The molecule has 2 rings (SSSR count). The summed E-state index contributed by atoms with van der Waals surface area (Å²) in [7, 11) is 0. The molecule has 0 aliphatic heterocycles. The number of nitrogens with zero attached hydrogens (tertiary/aromatic N) is 1. The van der Waals surface area contributed by atoms with Gasteiger partial charge in [-0.1, -0.05) is 11.6 Å². The standard InChI is InChI=1S/C13H7BrClNO5/c14-9-5-7(13(17)18)1-4-11(9)21-12-6-8(16(19)20)2-3-10(12)15/h1-6H,(H,17,18). The molecule has 0 bridgehead atoms. The zero-order chi connectivity index (χ0) is 15.6. The summed E-state index contributed by atoms with van der Waals surface area (Å²) < 4.78 is 5.88. The highest BCUT2D eigenvalue weighted by molar-refractivity contribution is 9.10. The van der Waals surface area contributed by atoms with Crippen molar-refractivity contribution in [2.45, 2.75) is 0 Å². The maximum Gasteiger partial charge on any atom is 0.335 e. The number of rotatable bonds is 4. The molecule has 2 aromatic rings. The van der Waals surface area contributed by atoms with Gasteiger partial charge in [-0.25, -0.2) is 4.79 Å². The van der Waals surface area contributed by atoms with Crippen molar-refractivity contribution in [1.82, 2.24) is 0 Å². The van der Waals surface area contributed by atoms with Gasteiger partial charge >= 0.3 is 5.97 Å². The van der Waals surface area contributed by atoms with Crippen LogP contribution in [0.25, 0.3) is 0 Å². The molecule has 0 heterocycles. The van der Waals surface area contributed by atoms with Gasteiger partial charge in [-0.15, -0.1) is 0 Å². The van der Waals surface area contributed by atoms with E-state index in [0.717, 1.165) is 0 Å². The highest BCUT2D eigenvalue weighted by Crippen LogP contribution is 2.36.